The summed E-state index contributed by atoms with van der Waals surface area (Å²) < 4.78 is 4.39. The topological polar surface area (TPSA) is 26.3 Å². The van der Waals surface area contributed by atoms with Crippen LogP contribution in [-0.2, 0) is 9.53 Å². The maximum Gasteiger partial charge on any atom is 0.293 e. The van der Waals surface area contributed by atoms with Gasteiger partial charge in [0.1, 0.15) is 0 Å². The molecule has 0 amide bonds. The highest BCUT2D eigenvalue weighted by atomic mass is 16.5. The van der Waals surface area contributed by atoms with E-state index < -0.39 is 0 Å². The number of rotatable bonds is 19. The van der Waals surface area contributed by atoms with Gasteiger partial charge in [0.2, 0.25) is 0 Å². The number of carbonyl (C=O) groups is 1. The summed E-state index contributed by atoms with van der Waals surface area (Å²) in [6.45, 7) is 20.8. The maximum absolute atomic E-state index is 9.46. The zero-order valence-corrected chi connectivity index (χ0v) is 26.9. The van der Waals surface area contributed by atoms with Crippen LogP contribution in [0.15, 0.2) is 70.4 Å². The summed E-state index contributed by atoms with van der Waals surface area (Å²) in [5.41, 5.74) is 9.07. The van der Waals surface area contributed by atoms with E-state index in [0.717, 1.165) is 31.6 Å². The Morgan fingerprint density at radius 1 is 0.872 bits per heavy atom. The first-order chi connectivity index (χ1) is 18.7. The molecule has 0 saturated heterocycles. The molecular formula is C37H62O2. The summed E-state index contributed by atoms with van der Waals surface area (Å²) in [7, 11) is 0. The maximum atomic E-state index is 9.46. The summed E-state index contributed by atoms with van der Waals surface area (Å²) >= 11 is 0. The Balaban J connectivity index is 0.00000181. The van der Waals surface area contributed by atoms with Crippen molar-refractivity contribution in [1.82, 2.24) is 0 Å². The van der Waals surface area contributed by atoms with Gasteiger partial charge in [-0.15, -0.1) is 0 Å². The third-order valence-electron chi connectivity index (χ3n) is 7.23. The van der Waals surface area contributed by atoms with Crippen molar-refractivity contribution in [3.8, 4) is 0 Å². The fourth-order valence-electron chi connectivity index (χ4n) is 4.73. The van der Waals surface area contributed by atoms with Gasteiger partial charge in [-0.1, -0.05) is 83.7 Å². The van der Waals surface area contributed by atoms with E-state index >= 15 is 0 Å². The van der Waals surface area contributed by atoms with Gasteiger partial charge in [-0.25, -0.2) is 0 Å². The van der Waals surface area contributed by atoms with E-state index in [-0.39, 0.29) is 0 Å². The van der Waals surface area contributed by atoms with Crippen LogP contribution in [-0.4, -0.2) is 13.1 Å². The van der Waals surface area contributed by atoms with E-state index in [1.807, 2.05) is 6.92 Å². The Kier molecular flexibility index (Phi) is 23.6. The molecule has 1 aliphatic rings. The summed E-state index contributed by atoms with van der Waals surface area (Å²) in [5, 5.41) is 0. The zero-order valence-electron chi connectivity index (χ0n) is 26.9. The van der Waals surface area contributed by atoms with Crippen LogP contribution in [0.2, 0.25) is 0 Å². The average Bonchev–Trinajstić information content (AvgIpc) is 2.88. The molecule has 0 heterocycles. The fraction of sp³-hybridized carbons (Fsp3) is 0.649. The number of ether oxygens (including phenoxy) is 1. The molecule has 0 aromatic rings. The highest BCUT2D eigenvalue weighted by molar-refractivity contribution is 5.36. The van der Waals surface area contributed by atoms with Crippen LogP contribution >= 0.6 is 0 Å². The van der Waals surface area contributed by atoms with Crippen molar-refractivity contribution in [2.24, 2.45) is 5.92 Å². The molecule has 0 bridgehead atoms. The van der Waals surface area contributed by atoms with E-state index in [2.05, 4.69) is 83.2 Å². The molecule has 1 unspecified atom stereocenters. The van der Waals surface area contributed by atoms with Gasteiger partial charge >= 0.3 is 0 Å². The molecule has 2 nitrogen and oxygen atoms in total. The Morgan fingerprint density at radius 3 is 2.03 bits per heavy atom. The number of allylic oxidation sites excluding steroid dienone is 11. The van der Waals surface area contributed by atoms with E-state index in [0.29, 0.717) is 13.1 Å². The van der Waals surface area contributed by atoms with Gasteiger partial charge in [0.25, 0.3) is 6.47 Å². The first-order valence-electron chi connectivity index (χ1n) is 15.7. The van der Waals surface area contributed by atoms with Gasteiger partial charge in [-0.3, -0.25) is 4.79 Å². The van der Waals surface area contributed by atoms with Crippen LogP contribution in [0.4, 0.5) is 0 Å². The summed E-state index contributed by atoms with van der Waals surface area (Å²) in [6, 6.07) is 0. The van der Waals surface area contributed by atoms with Crippen LogP contribution in [0.25, 0.3) is 0 Å². The Hall–Kier alpha value is -2.09. The van der Waals surface area contributed by atoms with Crippen LogP contribution < -0.4 is 0 Å². The van der Waals surface area contributed by atoms with Crippen molar-refractivity contribution < 1.29 is 9.53 Å². The van der Waals surface area contributed by atoms with Crippen LogP contribution in [0.1, 0.15) is 145 Å². The lowest BCUT2D eigenvalue weighted by Crippen LogP contribution is -2.05. The SMILES string of the molecule is C=C(CC/C=C(\C)CCC=C(C)C)CCC1C=C(CC/C=C(\C)CCC=C(C)C)CCC1.CCCCOC=O. The second-order valence-corrected chi connectivity index (χ2v) is 11.9. The van der Waals surface area contributed by atoms with Crippen molar-refractivity contribution in [2.45, 2.75) is 145 Å². The molecule has 39 heavy (non-hydrogen) atoms. The molecule has 1 atom stereocenters. The number of carbonyl (C=O) groups excluding carboxylic acids is 1. The third kappa shape index (κ3) is 24.7. The van der Waals surface area contributed by atoms with E-state index in [9.17, 15) is 4.79 Å². The third-order valence-corrected chi connectivity index (χ3v) is 7.23. The van der Waals surface area contributed by atoms with Crippen LogP contribution in [0.5, 0.6) is 0 Å². The van der Waals surface area contributed by atoms with E-state index in [1.165, 1.54) is 92.9 Å². The second kappa shape index (κ2) is 24.9. The molecule has 0 radical (unpaired) electrons. The lowest BCUT2D eigenvalue weighted by Gasteiger charge is -2.21. The van der Waals surface area contributed by atoms with Gasteiger partial charge in [-0.2, -0.15) is 0 Å². The molecule has 0 N–H and O–H groups in total. The minimum absolute atomic E-state index is 0.482. The molecule has 0 aliphatic heterocycles. The lowest BCUT2D eigenvalue weighted by molar-refractivity contribution is -0.128. The standard InChI is InChI=1S/C32H52.C5H10O2/c1-26(2)13-8-15-28(5)17-10-18-30(7)23-24-32-22-12-21-31(25-32)20-11-19-29(6)16-9-14-27(3)4;1-2-3-4-7-5-6/h13-14,17,19,25,32H,7-12,15-16,18,20-24H2,1-6H3;5H,2-4H2,1H3/b28-17+,29-19+;. The minimum atomic E-state index is 0.482. The molecule has 0 aromatic heterocycles. The minimum Gasteiger partial charge on any atom is -0.468 e. The largest absolute Gasteiger partial charge is 0.468 e. The van der Waals surface area contributed by atoms with Crippen molar-refractivity contribution in [1.29, 1.82) is 0 Å². The molecule has 0 saturated carbocycles. The Morgan fingerprint density at radius 2 is 1.46 bits per heavy atom. The van der Waals surface area contributed by atoms with Gasteiger partial charge in [0.15, 0.2) is 0 Å². The number of unbranched alkanes of at least 4 members (excludes halogenated alkanes) is 1. The molecule has 2 heteroatoms. The highest BCUT2D eigenvalue weighted by Gasteiger charge is 2.13. The van der Waals surface area contributed by atoms with Gasteiger partial charge in [0, 0.05) is 0 Å². The normalized spacial score (nSPS) is 15.5. The molecule has 0 fully saturated rings. The van der Waals surface area contributed by atoms with Gasteiger partial charge in [0.05, 0.1) is 6.61 Å². The molecular weight excluding hydrogens is 476 g/mol. The monoisotopic (exact) mass is 538 g/mol. The van der Waals surface area contributed by atoms with Crippen LogP contribution in [0, 0.1) is 5.92 Å². The average molecular weight is 539 g/mol. The Labute approximate surface area is 243 Å². The van der Waals surface area contributed by atoms with Gasteiger partial charge in [-0.05, 0) is 137 Å². The lowest BCUT2D eigenvalue weighted by atomic mass is 9.85. The predicted octanol–water partition coefficient (Wildman–Crippen LogP) is 12.0. The van der Waals surface area contributed by atoms with Crippen molar-refractivity contribution >= 4 is 6.47 Å². The zero-order chi connectivity index (χ0) is 29.3. The summed E-state index contributed by atoms with van der Waals surface area (Å²) in [6.07, 6.45) is 30.4. The van der Waals surface area contributed by atoms with Crippen LogP contribution in [0.3, 0.4) is 0 Å². The van der Waals surface area contributed by atoms with E-state index in [1.54, 1.807) is 11.1 Å². The quantitative estimate of drug-likeness (QED) is 0.0928. The van der Waals surface area contributed by atoms with Crippen molar-refractivity contribution in [3.63, 3.8) is 0 Å². The molecule has 1 aliphatic carbocycles. The fourth-order valence-corrected chi connectivity index (χ4v) is 4.73. The first-order valence-corrected chi connectivity index (χ1v) is 15.7. The van der Waals surface area contributed by atoms with E-state index in [4.69, 9.17) is 0 Å². The first kappa shape index (κ1) is 36.9. The number of hydrogen-bond donors (Lipinski definition) is 0. The molecule has 0 aromatic carbocycles. The molecule has 222 valence electrons. The predicted molar refractivity (Wildman–Crippen MR) is 174 cm³/mol. The summed E-state index contributed by atoms with van der Waals surface area (Å²) in [5.74, 6) is 0.777. The van der Waals surface area contributed by atoms with Crippen molar-refractivity contribution in [3.05, 3.63) is 70.4 Å². The summed E-state index contributed by atoms with van der Waals surface area (Å²) in [4.78, 5) is 9.46. The second-order valence-electron chi connectivity index (χ2n) is 11.9. The highest BCUT2D eigenvalue weighted by Crippen LogP contribution is 2.30. The Bertz CT molecular complexity index is 810. The van der Waals surface area contributed by atoms with Gasteiger partial charge < -0.3 is 4.74 Å². The molecule has 1 rings (SSSR count). The van der Waals surface area contributed by atoms with Crippen molar-refractivity contribution in [2.75, 3.05) is 6.61 Å². The smallest absolute Gasteiger partial charge is 0.293 e. The number of hydrogen-bond acceptors (Lipinski definition) is 2. The molecule has 0 spiro atoms.